The lowest BCUT2D eigenvalue weighted by Gasteiger charge is -2.29. The Bertz CT molecular complexity index is 171. The van der Waals surface area contributed by atoms with Gasteiger partial charge in [0.2, 0.25) is 0 Å². The molecule has 0 aromatic carbocycles. The largest absolute Gasteiger partial charge is 0.500 e. The second-order valence-corrected chi connectivity index (χ2v) is 7.50. The van der Waals surface area contributed by atoms with E-state index in [1.165, 1.54) is 19.3 Å². The highest BCUT2D eigenvalue weighted by molar-refractivity contribution is 6.60. The van der Waals surface area contributed by atoms with Crippen LogP contribution in [-0.4, -0.2) is 28.6 Å². The lowest BCUT2D eigenvalue weighted by molar-refractivity contribution is 0.0696. The third-order valence-electron chi connectivity index (χ3n) is 3.09. The third kappa shape index (κ3) is 7.51. The van der Waals surface area contributed by atoms with Crippen LogP contribution in [0, 0.1) is 5.92 Å². The van der Waals surface area contributed by atoms with E-state index in [9.17, 15) is 0 Å². The van der Waals surface area contributed by atoms with Crippen LogP contribution in [0.4, 0.5) is 0 Å². The van der Waals surface area contributed by atoms with Crippen LogP contribution in [0.3, 0.4) is 0 Å². The molecule has 0 saturated carbocycles. The molecule has 0 aliphatic heterocycles. The van der Waals surface area contributed by atoms with Crippen LogP contribution in [-0.2, 0) is 13.3 Å². The molecule has 110 valence electrons. The van der Waals surface area contributed by atoms with E-state index in [0.29, 0.717) is 19.8 Å². The van der Waals surface area contributed by atoms with Gasteiger partial charge in [0.25, 0.3) is 0 Å². The van der Waals surface area contributed by atoms with Crippen molar-refractivity contribution >= 4 is 8.80 Å². The zero-order valence-electron chi connectivity index (χ0n) is 13.0. The number of hydrogen-bond donors (Lipinski definition) is 0. The monoisotopic (exact) mass is 276 g/mol. The molecule has 0 aliphatic carbocycles. The fraction of sp³-hybridized carbons (Fsp3) is 1.00. The molecule has 0 rings (SSSR count). The van der Waals surface area contributed by atoms with Crippen LogP contribution in [0.1, 0.15) is 60.3 Å². The first-order chi connectivity index (χ1) is 8.64. The van der Waals surface area contributed by atoms with E-state index >= 15 is 0 Å². The highest BCUT2D eigenvalue weighted by atomic mass is 28.4. The van der Waals surface area contributed by atoms with E-state index in [2.05, 4.69) is 13.8 Å². The van der Waals surface area contributed by atoms with Gasteiger partial charge >= 0.3 is 8.80 Å². The van der Waals surface area contributed by atoms with Crippen molar-refractivity contribution in [2.45, 2.75) is 66.3 Å². The Morgan fingerprint density at radius 3 is 1.72 bits per heavy atom. The van der Waals surface area contributed by atoms with E-state index in [4.69, 9.17) is 13.3 Å². The molecular formula is C14H32O3Si. The van der Waals surface area contributed by atoms with Gasteiger partial charge < -0.3 is 13.3 Å². The lowest BCUT2D eigenvalue weighted by atomic mass is 10.0. The van der Waals surface area contributed by atoms with Crippen molar-refractivity contribution < 1.29 is 13.3 Å². The van der Waals surface area contributed by atoms with Crippen LogP contribution in [0.5, 0.6) is 0 Å². The van der Waals surface area contributed by atoms with Gasteiger partial charge in [0.1, 0.15) is 0 Å². The van der Waals surface area contributed by atoms with Gasteiger partial charge in [-0.15, -0.1) is 0 Å². The van der Waals surface area contributed by atoms with Gasteiger partial charge in [-0.2, -0.15) is 0 Å². The van der Waals surface area contributed by atoms with E-state index in [0.717, 1.165) is 18.4 Å². The molecule has 18 heavy (non-hydrogen) atoms. The topological polar surface area (TPSA) is 27.7 Å². The summed E-state index contributed by atoms with van der Waals surface area (Å²) in [5, 5.41) is 0. The van der Waals surface area contributed by atoms with Crippen LogP contribution >= 0.6 is 0 Å². The van der Waals surface area contributed by atoms with Crippen molar-refractivity contribution in [1.29, 1.82) is 0 Å². The second-order valence-electron chi connectivity index (χ2n) is 4.77. The number of unbranched alkanes of at least 4 members (excludes halogenated alkanes) is 1. The minimum absolute atomic E-state index is 0.676. The van der Waals surface area contributed by atoms with E-state index in [1.54, 1.807) is 0 Å². The fourth-order valence-electron chi connectivity index (χ4n) is 2.12. The molecule has 0 aromatic rings. The quantitative estimate of drug-likeness (QED) is 0.499. The third-order valence-corrected chi connectivity index (χ3v) is 6.17. The number of hydrogen-bond acceptors (Lipinski definition) is 3. The first-order valence-electron chi connectivity index (χ1n) is 7.55. The van der Waals surface area contributed by atoms with Crippen molar-refractivity contribution in [3.63, 3.8) is 0 Å². The summed E-state index contributed by atoms with van der Waals surface area (Å²) in [6.07, 6.45) is 5.03. The summed E-state index contributed by atoms with van der Waals surface area (Å²) in [5.41, 5.74) is 0. The average molecular weight is 276 g/mol. The van der Waals surface area contributed by atoms with Gasteiger partial charge in [0.05, 0.1) is 0 Å². The highest BCUT2D eigenvalue weighted by Crippen LogP contribution is 2.23. The molecule has 0 aromatic heterocycles. The Balaban J connectivity index is 4.27. The molecule has 1 unspecified atom stereocenters. The smallest absolute Gasteiger partial charge is 0.374 e. The zero-order chi connectivity index (χ0) is 13.9. The zero-order valence-corrected chi connectivity index (χ0v) is 14.0. The Labute approximate surface area is 115 Å². The minimum atomic E-state index is -2.40. The van der Waals surface area contributed by atoms with Gasteiger partial charge in [-0.25, -0.2) is 0 Å². The molecule has 1 atom stereocenters. The molecule has 0 amide bonds. The Hall–Kier alpha value is 0.0969. The summed E-state index contributed by atoms with van der Waals surface area (Å²) in [4.78, 5) is 0. The average Bonchev–Trinajstić information content (AvgIpc) is 2.35. The minimum Gasteiger partial charge on any atom is -0.374 e. The highest BCUT2D eigenvalue weighted by Gasteiger charge is 2.40. The molecule has 0 N–H and O–H groups in total. The Morgan fingerprint density at radius 1 is 0.833 bits per heavy atom. The molecule has 0 spiro atoms. The normalized spacial score (nSPS) is 13.8. The fourth-order valence-corrected chi connectivity index (χ4v) is 4.97. The first-order valence-corrected chi connectivity index (χ1v) is 9.49. The van der Waals surface area contributed by atoms with Crippen LogP contribution < -0.4 is 0 Å². The molecule has 4 heteroatoms. The summed E-state index contributed by atoms with van der Waals surface area (Å²) < 4.78 is 17.6. The van der Waals surface area contributed by atoms with Crippen molar-refractivity contribution in [3.8, 4) is 0 Å². The van der Waals surface area contributed by atoms with E-state index < -0.39 is 8.80 Å². The maximum absolute atomic E-state index is 5.86. The summed E-state index contributed by atoms with van der Waals surface area (Å²) in [6.45, 7) is 12.6. The van der Waals surface area contributed by atoms with Crippen molar-refractivity contribution in [1.82, 2.24) is 0 Å². The van der Waals surface area contributed by atoms with Gasteiger partial charge in [-0.05, 0) is 33.1 Å². The summed E-state index contributed by atoms with van der Waals surface area (Å²) >= 11 is 0. The maximum Gasteiger partial charge on any atom is 0.500 e. The molecule has 0 saturated heterocycles. The van der Waals surface area contributed by atoms with Crippen LogP contribution in [0.25, 0.3) is 0 Å². The Kier molecular flexibility index (Phi) is 11.0. The van der Waals surface area contributed by atoms with Crippen molar-refractivity contribution in [2.24, 2.45) is 5.92 Å². The van der Waals surface area contributed by atoms with Gasteiger partial charge in [-0.1, -0.05) is 33.1 Å². The van der Waals surface area contributed by atoms with Gasteiger partial charge in [0.15, 0.2) is 0 Å². The van der Waals surface area contributed by atoms with Gasteiger partial charge in [0, 0.05) is 25.9 Å². The first kappa shape index (κ1) is 18.1. The lowest BCUT2D eigenvalue weighted by Crippen LogP contribution is -2.46. The Morgan fingerprint density at radius 2 is 1.33 bits per heavy atom. The SMILES string of the molecule is CCCCC(C)CC[Si](OCC)(OCC)OCC. The number of rotatable bonds is 12. The van der Waals surface area contributed by atoms with E-state index in [-0.39, 0.29) is 0 Å². The second kappa shape index (κ2) is 11.0. The van der Waals surface area contributed by atoms with Gasteiger partial charge in [-0.3, -0.25) is 0 Å². The standard InChI is InChI=1S/C14H32O3Si/c1-6-10-11-14(5)12-13-18(15-7-2,16-8-3)17-9-4/h14H,6-13H2,1-5H3. The van der Waals surface area contributed by atoms with Crippen LogP contribution in [0.2, 0.25) is 6.04 Å². The maximum atomic E-state index is 5.86. The molecule has 0 fully saturated rings. The van der Waals surface area contributed by atoms with Crippen LogP contribution in [0.15, 0.2) is 0 Å². The molecule has 0 aliphatic rings. The summed E-state index contributed by atoms with van der Waals surface area (Å²) in [7, 11) is -2.40. The molecule has 0 heterocycles. The molecule has 3 nitrogen and oxygen atoms in total. The van der Waals surface area contributed by atoms with E-state index in [1.807, 2.05) is 20.8 Å². The van der Waals surface area contributed by atoms with Crippen molar-refractivity contribution in [3.05, 3.63) is 0 Å². The van der Waals surface area contributed by atoms with Crippen molar-refractivity contribution in [2.75, 3.05) is 19.8 Å². The predicted molar refractivity (Wildman–Crippen MR) is 78.7 cm³/mol. The predicted octanol–water partition coefficient (Wildman–Crippen LogP) is 4.25. The molecule has 0 radical (unpaired) electrons. The molecule has 0 bridgehead atoms. The summed E-state index contributed by atoms with van der Waals surface area (Å²) in [6, 6.07) is 0.952. The molecular weight excluding hydrogens is 244 g/mol. The summed E-state index contributed by atoms with van der Waals surface area (Å²) in [5.74, 6) is 0.734.